The molecule has 2 atom stereocenters. The number of benzene rings is 1. The van der Waals surface area contributed by atoms with Gasteiger partial charge < -0.3 is 9.84 Å². The van der Waals surface area contributed by atoms with E-state index < -0.39 is 5.97 Å². The lowest BCUT2D eigenvalue weighted by molar-refractivity contribution is -0.131. The summed E-state index contributed by atoms with van der Waals surface area (Å²) in [5.41, 5.74) is 4.45. The second-order valence-electron chi connectivity index (χ2n) is 10.1. The van der Waals surface area contributed by atoms with E-state index in [1.807, 2.05) is 13.0 Å². The van der Waals surface area contributed by atoms with E-state index in [2.05, 4.69) is 45.9 Å². The molecule has 0 aromatic heterocycles. The third kappa shape index (κ3) is 5.28. The molecule has 2 aliphatic rings. The van der Waals surface area contributed by atoms with E-state index in [1.54, 1.807) is 0 Å². The summed E-state index contributed by atoms with van der Waals surface area (Å²) >= 11 is 0. The summed E-state index contributed by atoms with van der Waals surface area (Å²) in [5, 5.41) is 8.91. The third-order valence-electron chi connectivity index (χ3n) is 6.86. The third-order valence-corrected chi connectivity index (χ3v) is 6.86. The number of carboxylic acid groups (broad SMARTS) is 1. The SMILES string of the molecule is CCCCC(=O)CCc1cc([C@@]2(C)C[C@H]2C=CC(C)=CC(=O)O)cc2c1OCC2(C)C. The molecule has 31 heavy (non-hydrogen) atoms. The number of hydrogen-bond acceptors (Lipinski definition) is 3. The summed E-state index contributed by atoms with van der Waals surface area (Å²) in [6, 6.07) is 4.56. The van der Waals surface area contributed by atoms with Gasteiger partial charge in [-0.3, -0.25) is 4.79 Å². The van der Waals surface area contributed by atoms with Crippen molar-refractivity contribution >= 4 is 11.8 Å². The predicted octanol–water partition coefficient (Wildman–Crippen LogP) is 5.91. The van der Waals surface area contributed by atoms with Gasteiger partial charge in [-0.25, -0.2) is 4.79 Å². The first-order valence-electron chi connectivity index (χ1n) is 11.5. The first kappa shape index (κ1) is 23.3. The molecular formula is C27H36O4. The van der Waals surface area contributed by atoms with Gasteiger partial charge in [-0.05, 0) is 54.2 Å². The van der Waals surface area contributed by atoms with Gasteiger partial charge in [-0.1, -0.05) is 58.4 Å². The van der Waals surface area contributed by atoms with Crippen molar-refractivity contribution in [1.82, 2.24) is 0 Å². The molecule has 0 amide bonds. The van der Waals surface area contributed by atoms with Crippen LogP contribution in [-0.4, -0.2) is 23.5 Å². The summed E-state index contributed by atoms with van der Waals surface area (Å²) in [6.07, 6.45) is 10.3. The molecule has 1 aromatic rings. The Kier molecular flexibility index (Phi) is 6.78. The second kappa shape index (κ2) is 9.02. The molecule has 1 heterocycles. The van der Waals surface area contributed by atoms with Gasteiger partial charge in [0, 0.05) is 29.9 Å². The van der Waals surface area contributed by atoms with Crippen molar-refractivity contribution in [3.8, 4) is 5.75 Å². The van der Waals surface area contributed by atoms with Gasteiger partial charge in [0.2, 0.25) is 0 Å². The van der Waals surface area contributed by atoms with Crippen LogP contribution in [0.15, 0.2) is 35.9 Å². The summed E-state index contributed by atoms with van der Waals surface area (Å²) < 4.78 is 6.10. The lowest BCUT2D eigenvalue weighted by Gasteiger charge is -2.20. The minimum Gasteiger partial charge on any atom is -0.492 e. The summed E-state index contributed by atoms with van der Waals surface area (Å²) in [6.45, 7) is 11.3. The molecule has 0 saturated heterocycles. The fourth-order valence-corrected chi connectivity index (χ4v) is 4.50. The molecule has 0 bridgehead atoms. The smallest absolute Gasteiger partial charge is 0.328 e. The number of hydrogen-bond donors (Lipinski definition) is 1. The topological polar surface area (TPSA) is 63.6 Å². The standard InChI is InChI=1S/C27H36O4/c1-6-7-8-22(28)12-10-19-14-21(15-23-25(19)31-17-26(23,3)4)27(5)16-20(27)11-9-18(2)13-24(29)30/h9,11,13-15,20H,6-8,10,12,16-17H2,1-5H3,(H,29,30)/t20-,27+/m1/s1. The highest BCUT2D eigenvalue weighted by Gasteiger charge is 2.50. The van der Waals surface area contributed by atoms with Gasteiger partial charge in [0.05, 0.1) is 6.61 Å². The van der Waals surface area contributed by atoms with Crippen LogP contribution in [0.4, 0.5) is 0 Å². The lowest BCUT2D eigenvalue weighted by atomic mass is 9.81. The molecular weight excluding hydrogens is 388 g/mol. The monoisotopic (exact) mass is 424 g/mol. The first-order chi connectivity index (χ1) is 14.6. The van der Waals surface area contributed by atoms with E-state index in [4.69, 9.17) is 9.84 Å². The number of unbranched alkanes of at least 4 members (excludes halogenated alkanes) is 1. The number of allylic oxidation sites excluding steroid dienone is 3. The number of aryl methyl sites for hydroxylation is 1. The fraction of sp³-hybridized carbons (Fsp3) is 0.556. The maximum atomic E-state index is 12.3. The number of fused-ring (bicyclic) bond motifs is 1. The van der Waals surface area contributed by atoms with Crippen molar-refractivity contribution < 1.29 is 19.4 Å². The van der Waals surface area contributed by atoms with E-state index in [0.717, 1.165) is 42.6 Å². The number of Topliss-reactive ketones (excluding diaryl/α,β-unsaturated/α-hetero) is 1. The molecule has 4 heteroatoms. The van der Waals surface area contributed by atoms with Crippen LogP contribution in [0, 0.1) is 5.92 Å². The summed E-state index contributed by atoms with van der Waals surface area (Å²) in [5.74, 6) is 0.776. The Hall–Kier alpha value is -2.36. The van der Waals surface area contributed by atoms with Gasteiger partial charge >= 0.3 is 5.97 Å². The van der Waals surface area contributed by atoms with E-state index in [-0.39, 0.29) is 10.8 Å². The maximum Gasteiger partial charge on any atom is 0.328 e. The van der Waals surface area contributed by atoms with Gasteiger partial charge in [0.1, 0.15) is 11.5 Å². The van der Waals surface area contributed by atoms with Crippen molar-refractivity contribution in [3.63, 3.8) is 0 Å². The van der Waals surface area contributed by atoms with E-state index in [9.17, 15) is 9.59 Å². The van der Waals surface area contributed by atoms with Gasteiger partial charge in [-0.2, -0.15) is 0 Å². The molecule has 0 spiro atoms. The van der Waals surface area contributed by atoms with Crippen LogP contribution in [0.2, 0.25) is 0 Å². The number of rotatable bonds is 10. The van der Waals surface area contributed by atoms with Crippen LogP contribution in [-0.2, 0) is 26.8 Å². The Morgan fingerprint density at radius 1 is 1.23 bits per heavy atom. The zero-order chi connectivity index (χ0) is 22.8. The minimum absolute atomic E-state index is 0.0364. The van der Waals surface area contributed by atoms with Gasteiger partial charge in [-0.15, -0.1) is 0 Å². The second-order valence-corrected chi connectivity index (χ2v) is 10.1. The van der Waals surface area contributed by atoms with Crippen LogP contribution in [0.3, 0.4) is 0 Å². The zero-order valence-electron chi connectivity index (χ0n) is 19.6. The normalized spacial score (nSPS) is 24.2. The van der Waals surface area contributed by atoms with Crippen LogP contribution < -0.4 is 4.74 Å². The number of carboxylic acids is 1. The largest absolute Gasteiger partial charge is 0.492 e. The van der Waals surface area contributed by atoms with Crippen LogP contribution in [0.5, 0.6) is 5.75 Å². The molecule has 0 radical (unpaired) electrons. The Balaban J connectivity index is 1.84. The van der Waals surface area contributed by atoms with Gasteiger partial charge in [0.25, 0.3) is 0 Å². The van der Waals surface area contributed by atoms with E-state index in [1.165, 1.54) is 17.2 Å². The minimum atomic E-state index is -0.917. The quantitative estimate of drug-likeness (QED) is 0.374. The lowest BCUT2D eigenvalue weighted by Crippen LogP contribution is -2.19. The molecule has 1 aliphatic carbocycles. The van der Waals surface area contributed by atoms with E-state index >= 15 is 0 Å². The van der Waals surface area contributed by atoms with Crippen molar-refractivity contribution in [3.05, 3.63) is 52.6 Å². The molecule has 1 fully saturated rings. The fourth-order valence-electron chi connectivity index (χ4n) is 4.50. The number of carbonyl (C=O) groups excluding carboxylic acids is 1. The zero-order valence-corrected chi connectivity index (χ0v) is 19.6. The van der Waals surface area contributed by atoms with Crippen LogP contribution in [0.25, 0.3) is 0 Å². The molecule has 168 valence electrons. The van der Waals surface area contributed by atoms with Crippen molar-refractivity contribution in [1.29, 1.82) is 0 Å². The Morgan fingerprint density at radius 2 is 1.97 bits per heavy atom. The number of ether oxygens (including phenoxy) is 1. The van der Waals surface area contributed by atoms with Crippen molar-refractivity contribution in [2.45, 2.75) is 84.0 Å². The molecule has 1 aliphatic heterocycles. The number of aliphatic carboxylic acids is 1. The van der Waals surface area contributed by atoms with Gasteiger partial charge in [0.15, 0.2) is 0 Å². The highest BCUT2D eigenvalue weighted by Crippen LogP contribution is 2.56. The Bertz CT molecular complexity index is 921. The summed E-state index contributed by atoms with van der Waals surface area (Å²) in [4.78, 5) is 23.1. The van der Waals surface area contributed by atoms with Crippen LogP contribution in [0.1, 0.15) is 83.4 Å². The molecule has 1 aromatic carbocycles. The highest BCUT2D eigenvalue weighted by molar-refractivity contribution is 5.81. The summed E-state index contributed by atoms with van der Waals surface area (Å²) in [7, 11) is 0. The molecule has 4 nitrogen and oxygen atoms in total. The molecule has 3 rings (SSSR count). The van der Waals surface area contributed by atoms with Crippen molar-refractivity contribution in [2.75, 3.05) is 6.61 Å². The predicted molar refractivity (Wildman–Crippen MR) is 124 cm³/mol. The van der Waals surface area contributed by atoms with Crippen LogP contribution >= 0.6 is 0 Å². The molecule has 0 unspecified atom stereocenters. The Morgan fingerprint density at radius 3 is 2.65 bits per heavy atom. The molecule has 1 N–H and O–H groups in total. The maximum absolute atomic E-state index is 12.3. The number of ketones is 1. The highest BCUT2D eigenvalue weighted by atomic mass is 16.5. The average Bonchev–Trinajstić information content (AvgIpc) is 3.27. The van der Waals surface area contributed by atoms with E-state index in [0.29, 0.717) is 31.1 Å². The average molecular weight is 425 g/mol. The molecule has 1 saturated carbocycles. The van der Waals surface area contributed by atoms with Crippen molar-refractivity contribution in [2.24, 2.45) is 5.92 Å². The number of carbonyl (C=O) groups is 2. The first-order valence-corrected chi connectivity index (χ1v) is 11.5. The Labute approximate surface area is 186 Å².